The SMILES string of the molecule is CC1=C[C@H]2[C@@]3(O)CC[C@@H]4[C@H]([C@@H]3CCC[C@]2(O)C1=O)C4(C)C. The molecule has 0 unspecified atom stereocenters. The van der Waals surface area contributed by atoms with Gasteiger partial charge in [0, 0.05) is 5.92 Å². The second-order valence-corrected chi connectivity index (χ2v) is 8.56. The van der Waals surface area contributed by atoms with Gasteiger partial charge in [0.15, 0.2) is 5.78 Å². The summed E-state index contributed by atoms with van der Waals surface area (Å²) in [5.41, 5.74) is -1.29. The van der Waals surface area contributed by atoms with Crippen LogP contribution in [0.25, 0.3) is 0 Å². The zero-order valence-electron chi connectivity index (χ0n) is 13.2. The fourth-order valence-electron chi connectivity index (χ4n) is 6.20. The van der Waals surface area contributed by atoms with Gasteiger partial charge in [-0.05, 0) is 67.8 Å². The molecule has 4 aliphatic rings. The molecule has 0 radical (unpaired) electrons. The lowest BCUT2D eigenvalue weighted by Gasteiger charge is -2.45. The van der Waals surface area contributed by atoms with Gasteiger partial charge in [0.2, 0.25) is 0 Å². The molecule has 0 amide bonds. The fourth-order valence-corrected chi connectivity index (χ4v) is 6.20. The molecule has 0 aromatic carbocycles. The number of hydrogen-bond acceptors (Lipinski definition) is 3. The normalized spacial score (nSPS) is 54.1. The zero-order valence-corrected chi connectivity index (χ0v) is 13.2. The van der Waals surface area contributed by atoms with E-state index >= 15 is 0 Å². The third-order valence-corrected chi connectivity index (χ3v) is 7.36. The van der Waals surface area contributed by atoms with Gasteiger partial charge in [-0.1, -0.05) is 19.9 Å². The minimum Gasteiger partial charge on any atom is -0.389 e. The van der Waals surface area contributed by atoms with E-state index in [0.29, 0.717) is 23.3 Å². The van der Waals surface area contributed by atoms with Crippen molar-refractivity contribution in [3.8, 4) is 0 Å². The van der Waals surface area contributed by atoms with Crippen LogP contribution < -0.4 is 0 Å². The second kappa shape index (κ2) is 3.80. The first-order valence-electron chi connectivity index (χ1n) is 8.41. The van der Waals surface area contributed by atoms with Crippen LogP contribution >= 0.6 is 0 Å². The molecule has 4 rings (SSSR count). The Morgan fingerprint density at radius 2 is 1.86 bits per heavy atom. The Morgan fingerprint density at radius 1 is 1.14 bits per heavy atom. The van der Waals surface area contributed by atoms with Gasteiger partial charge < -0.3 is 10.2 Å². The molecule has 3 fully saturated rings. The van der Waals surface area contributed by atoms with Crippen LogP contribution in [0.5, 0.6) is 0 Å². The molecule has 3 saturated carbocycles. The Bertz CT molecular complexity index is 549. The van der Waals surface area contributed by atoms with Crippen molar-refractivity contribution in [2.45, 2.75) is 64.1 Å². The van der Waals surface area contributed by atoms with E-state index in [4.69, 9.17) is 0 Å². The Hall–Kier alpha value is -0.670. The van der Waals surface area contributed by atoms with Gasteiger partial charge in [0.05, 0.1) is 5.60 Å². The first-order chi connectivity index (χ1) is 9.73. The summed E-state index contributed by atoms with van der Waals surface area (Å²) in [5.74, 6) is 0.959. The van der Waals surface area contributed by atoms with Crippen LogP contribution in [0.3, 0.4) is 0 Å². The number of fused-ring (bicyclic) bond motifs is 5. The highest BCUT2D eigenvalue weighted by Crippen LogP contribution is 2.72. The van der Waals surface area contributed by atoms with Crippen LogP contribution in [-0.2, 0) is 4.79 Å². The smallest absolute Gasteiger partial charge is 0.190 e. The lowest BCUT2D eigenvalue weighted by atomic mass is 9.65. The number of Topliss-reactive ketones (excluding diaryl/α,β-unsaturated/α-hetero) is 1. The van der Waals surface area contributed by atoms with E-state index in [-0.39, 0.29) is 11.7 Å². The molecular weight excluding hydrogens is 264 g/mol. The minimum absolute atomic E-state index is 0.154. The molecule has 0 bridgehead atoms. The van der Waals surface area contributed by atoms with Gasteiger partial charge in [0.25, 0.3) is 0 Å². The number of hydrogen-bond donors (Lipinski definition) is 2. The molecule has 4 aliphatic carbocycles. The monoisotopic (exact) mass is 290 g/mol. The predicted octanol–water partition coefficient (Wildman–Crippen LogP) is 2.46. The quantitative estimate of drug-likeness (QED) is 0.720. The summed E-state index contributed by atoms with van der Waals surface area (Å²) >= 11 is 0. The second-order valence-electron chi connectivity index (χ2n) is 8.56. The van der Waals surface area contributed by atoms with Gasteiger partial charge in [-0.2, -0.15) is 0 Å². The number of rotatable bonds is 0. The number of carbonyl (C=O) groups is 1. The van der Waals surface area contributed by atoms with E-state index in [1.165, 1.54) is 0 Å². The van der Waals surface area contributed by atoms with Crippen LogP contribution in [0, 0.1) is 29.1 Å². The molecular formula is C18H26O3. The van der Waals surface area contributed by atoms with Crippen molar-refractivity contribution in [1.82, 2.24) is 0 Å². The predicted molar refractivity (Wildman–Crippen MR) is 79.5 cm³/mol. The topological polar surface area (TPSA) is 57.5 Å². The molecule has 0 aromatic rings. The van der Waals surface area contributed by atoms with Gasteiger partial charge in [-0.15, -0.1) is 0 Å². The Morgan fingerprint density at radius 3 is 2.57 bits per heavy atom. The molecule has 21 heavy (non-hydrogen) atoms. The largest absolute Gasteiger partial charge is 0.389 e. The molecule has 0 saturated heterocycles. The molecule has 0 aromatic heterocycles. The highest BCUT2D eigenvalue weighted by atomic mass is 16.3. The van der Waals surface area contributed by atoms with Crippen molar-refractivity contribution in [3.63, 3.8) is 0 Å². The van der Waals surface area contributed by atoms with Crippen LogP contribution in [-0.4, -0.2) is 27.2 Å². The number of aliphatic hydroxyl groups is 2. The van der Waals surface area contributed by atoms with Crippen molar-refractivity contribution < 1.29 is 15.0 Å². The summed E-state index contributed by atoms with van der Waals surface area (Å²) in [4.78, 5) is 12.4. The molecule has 0 spiro atoms. The lowest BCUT2D eigenvalue weighted by Crippen LogP contribution is -2.55. The van der Waals surface area contributed by atoms with Crippen molar-refractivity contribution in [2.75, 3.05) is 0 Å². The summed E-state index contributed by atoms with van der Waals surface area (Å²) in [7, 11) is 0. The zero-order chi connectivity index (χ0) is 15.2. The average Bonchev–Trinajstić information content (AvgIpc) is 2.92. The van der Waals surface area contributed by atoms with Gasteiger partial charge in [0.1, 0.15) is 5.60 Å². The van der Waals surface area contributed by atoms with Crippen LogP contribution in [0.15, 0.2) is 11.6 Å². The third-order valence-electron chi connectivity index (χ3n) is 7.36. The Kier molecular flexibility index (Phi) is 2.53. The highest BCUT2D eigenvalue weighted by Gasteiger charge is 2.71. The van der Waals surface area contributed by atoms with E-state index in [1.807, 2.05) is 6.08 Å². The van der Waals surface area contributed by atoms with Crippen molar-refractivity contribution in [1.29, 1.82) is 0 Å². The molecule has 3 nitrogen and oxygen atoms in total. The van der Waals surface area contributed by atoms with Crippen LogP contribution in [0.1, 0.15) is 52.9 Å². The summed E-state index contributed by atoms with van der Waals surface area (Å²) < 4.78 is 0. The summed E-state index contributed by atoms with van der Waals surface area (Å²) in [6.45, 7) is 6.40. The van der Waals surface area contributed by atoms with E-state index in [0.717, 1.165) is 31.6 Å². The lowest BCUT2D eigenvalue weighted by molar-refractivity contribution is -0.157. The molecule has 0 aliphatic heterocycles. The minimum atomic E-state index is -1.35. The van der Waals surface area contributed by atoms with E-state index in [9.17, 15) is 15.0 Å². The van der Waals surface area contributed by atoms with Crippen molar-refractivity contribution in [2.24, 2.45) is 29.1 Å². The molecule has 116 valence electrons. The van der Waals surface area contributed by atoms with E-state index < -0.39 is 17.1 Å². The standard InChI is InChI=1S/C18H26O3/c1-10-9-13-17(20)8-6-11-14(16(11,2)3)12(17)5-4-7-18(13,21)15(10)19/h9,11-14,20-21H,4-8H2,1-3H3/t11-,12+,13+,14-,17-,18-/m1/s1. The first-order valence-corrected chi connectivity index (χ1v) is 8.41. The van der Waals surface area contributed by atoms with Crippen molar-refractivity contribution in [3.05, 3.63) is 11.6 Å². The molecule has 6 atom stereocenters. The maximum absolute atomic E-state index is 12.4. The summed E-state index contributed by atoms with van der Waals surface area (Å²) in [6.07, 6.45) is 5.91. The summed E-state index contributed by atoms with van der Waals surface area (Å²) in [5, 5.41) is 22.5. The number of ketones is 1. The Labute approximate surface area is 126 Å². The highest BCUT2D eigenvalue weighted by molar-refractivity contribution is 6.04. The van der Waals surface area contributed by atoms with E-state index in [2.05, 4.69) is 13.8 Å². The number of carbonyl (C=O) groups excluding carboxylic acids is 1. The maximum Gasteiger partial charge on any atom is 0.190 e. The molecule has 3 heteroatoms. The third kappa shape index (κ3) is 1.49. The van der Waals surface area contributed by atoms with Gasteiger partial charge >= 0.3 is 0 Å². The van der Waals surface area contributed by atoms with Crippen molar-refractivity contribution >= 4 is 5.78 Å². The fraction of sp³-hybridized carbons (Fsp3) is 0.833. The van der Waals surface area contributed by atoms with Gasteiger partial charge in [-0.3, -0.25) is 4.79 Å². The van der Waals surface area contributed by atoms with Crippen LogP contribution in [0.2, 0.25) is 0 Å². The summed E-state index contributed by atoms with van der Waals surface area (Å²) in [6, 6.07) is 0. The van der Waals surface area contributed by atoms with E-state index in [1.54, 1.807) is 6.92 Å². The van der Waals surface area contributed by atoms with Crippen LogP contribution in [0.4, 0.5) is 0 Å². The maximum atomic E-state index is 12.4. The average molecular weight is 290 g/mol. The molecule has 0 heterocycles. The Balaban J connectivity index is 1.79. The van der Waals surface area contributed by atoms with Gasteiger partial charge in [-0.25, -0.2) is 0 Å². The molecule has 2 N–H and O–H groups in total. The first kappa shape index (κ1) is 14.0.